The molecule has 78 valence electrons. The van der Waals surface area contributed by atoms with E-state index in [4.69, 9.17) is 5.73 Å². The van der Waals surface area contributed by atoms with Crippen LogP contribution in [0.15, 0.2) is 41.4 Å². The predicted molar refractivity (Wildman–Crippen MR) is 63.9 cm³/mol. The zero-order valence-corrected chi connectivity index (χ0v) is 9.98. The summed E-state index contributed by atoms with van der Waals surface area (Å²) in [6, 6.07) is 6.16. The van der Waals surface area contributed by atoms with Crippen LogP contribution in [0.25, 0.3) is 5.69 Å². The van der Waals surface area contributed by atoms with Crippen LogP contribution in [-0.4, -0.2) is 9.55 Å². The van der Waals surface area contributed by atoms with Crippen LogP contribution in [0.3, 0.4) is 0 Å². The van der Waals surface area contributed by atoms with Crippen LogP contribution in [0.4, 0.5) is 0 Å². The highest BCUT2D eigenvalue weighted by atomic mass is 79.9. The lowest BCUT2D eigenvalue weighted by atomic mass is 10.1. The highest BCUT2D eigenvalue weighted by Gasteiger charge is 2.05. The fourth-order valence-electron chi connectivity index (χ4n) is 1.42. The van der Waals surface area contributed by atoms with Gasteiger partial charge in [-0.15, -0.1) is 0 Å². The molecule has 0 aliphatic carbocycles. The van der Waals surface area contributed by atoms with Crippen molar-refractivity contribution in [2.45, 2.75) is 13.0 Å². The largest absolute Gasteiger partial charge is 0.324 e. The van der Waals surface area contributed by atoms with Gasteiger partial charge in [-0.05, 0) is 40.5 Å². The molecule has 0 radical (unpaired) electrons. The SMILES string of the molecule is C[C@H](N)c1ccc(-n2ccnc2)c(Br)c1. The minimum atomic E-state index is 0.0538. The Hall–Kier alpha value is -1.13. The van der Waals surface area contributed by atoms with E-state index in [0.29, 0.717) is 0 Å². The molecule has 15 heavy (non-hydrogen) atoms. The second-order valence-corrected chi connectivity index (χ2v) is 4.32. The van der Waals surface area contributed by atoms with E-state index in [2.05, 4.69) is 20.9 Å². The van der Waals surface area contributed by atoms with E-state index >= 15 is 0 Å². The maximum Gasteiger partial charge on any atom is 0.0992 e. The van der Waals surface area contributed by atoms with E-state index in [9.17, 15) is 0 Å². The van der Waals surface area contributed by atoms with Crippen molar-refractivity contribution in [2.75, 3.05) is 0 Å². The summed E-state index contributed by atoms with van der Waals surface area (Å²) in [6.07, 6.45) is 5.43. The molecule has 2 N–H and O–H groups in total. The number of rotatable bonds is 2. The number of halogens is 1. The number of hydrogen-bond donors (Lipinski definition) is 1. The summed E-state index contributed by atoms with van der Waals surface area (Å²) < 4.78 is 2.98. The molecule has 0 aliphatic rings. The van der Waals surface area contributed by atoms with Gasteiger partial charge in [0.15, 0.2) is 0 Å². The third-order valence-corrected chi connectivity index (χ3v) is 2.92. The standard InChI is InChI=1S/C11H12BrN3/c1-8(13)9-2-3-11(10(12)6-9)15-5-4-14-7-15/h2-8H,13H2,1H3/t8-/m0/s1. The second-order valence-electron chi connectivity index (χ2n) is 3.47. The van der Waals surface area contributed by atoms with Crippen molar-refractivity contribution in [3.05, 3.63) is 47.0 Å². The molecule has 0 aliphatic heterocycles. The number of imidazole rings is 1. The van der Waals surface area contributed by atoms with Crippen LogP contribution in [0.1, 0.15) is 18.5 Å². The molecule has 4 heteroatoms. The molecular formula is C11H12BrN3. The number of benzene rings is 1. The molecule has 2 rings (SSSR count). The van der Waals surface area contributed by atoms with E-state index in [0.717, 1.165) is 15.7 Å². The van der Waals surface area contributed by atoms with Crippen LogP contribution >= 0.6 is 15.9 Å². The Balaban J connectivity index is 2.44. The Morgan fingerprint density at radius 2 is 2.27 bits per heavy atom. The Bertz CT molecular complexity index is 449. The molecule has 1 aromatic carbocycles. The molecule has 2 aromatic rings. The van der Waals surface area contributed by atoms with E-state index in [1.165, 1.54) is 0 Å². The lowest BCUT2D eigenvalue weighted by molar-refractivity contribution is 0.816. The van der Waals surface area contributed by atoms with E-state index in [-0.39, 0.29) is 6.04 Å². The van der Waals surface area contributed by atoms with Gasteiger partial charge < -0.3 is 10.3 Å². The highest BCUT2D eigenvalue weighted by molar-refractivity contribution is 9.10. The zero-order chi connectivity index (χ0) is 10.8. The molecule has 0 fully saturated rings. The van der Waals surface area contributed by atoms with E-state index < -0.39 is 0 Å². The minimum absolute atomic E-state index is 0.0538. The zero-order valence-electron chi connectivity index (χ0n) is 8.39. The summed E-state index contributed by atoms with van der Waals surface area (Å²) in [6.45, 7) is 1.97. The molecule has 0 bridgehead atoms. The Morgan fingerprint density at radius 3 is 2.80 bits per heavy atom. The lowest BCUT2D eigenvalue weighted by Gasteiger charge is -2.10. The summed E-state index contributed by atoms with van der Waals surface area (Å²) in [5.41, 5.74) is 7.99. The lowest BCUT2D eigenvalue weighted by Crippen LogP contribution is -2.05. The van der Waals surface area contributed by atoms with E-state index in [1.807, 2.05) is 35.9 Å². The monoisotopic (exact) mass is 265 g/mol. The summed E-state index contributed by atoms with van der Waals surface area (Å²) in [7, 11) is 0. The van der Waals surface area contributed by atoms with Gasteiger partial charge in [0, 0.05) is 22.9 Å². The maximum absolute atomic E-state index is 5.81. The van der Waals surface area contributed by atoms with Gasteiger partial charge in [0.1, 0.15) is 0 Å². The predicted octanol–water partition coefficient (Wildman–Crippen LogP) is 2.65. The topological polar surface area (TPSA) is 43.8 Å². The quantitative estimate of drug-likeness (QED) is 0.908. The van der Waals surface area contributed by atoms with Crippen LogP contribution < -0.4 is 5.73 Å². The van der Waals surface area contributed by atoms with Gasteiger partial charge in [-0.1, -0.05) is 6.07 Å². The molecule has 3 nitrogen and oxygen atoms in total. The van der Waals surface area contributed by atoms with Gasteiger partial charge in [0.25, 0.3) is 0 Å². The smallest absolute Gasteiger partial charge is 0.0992 e. The van der Waals surface area contributed by atoms with E-state index in [1.54, 1.807) is 12.5 Å². The third-order valence-electron chi connectivity index (χ3n) is 2.28. The van der Waals surface area contributed by atoms with Gasteiger partial charge >= 0.3 is 0 Å². The van der Waals surface area contributed by atoms with Crippen molar-refractivity contribution in [1.29, 1.82) is 0 Å². The van der Waals surface area contributed by atoms with Gasteiger partial charge in [-0.2, -0.15) is 0 Å². The van der Waals surface area contributed by atoms with Crippen molar-refractivity contribution in [3.63, 3.8) is 0 Å². The van der Waals surface area contributed by atoms with Crippen molar-refractivity contribution >= 4 is 15.9 Å². The fraction of sp³-hybridized carbons (Fsp3) is 0.182. The Labute approximate surface area is 97.1 Å². The summed E-state index contributed by atoms with van der Waals surface area (Å²) in [5.74, 6) is 0. The van der Waals surface area contributed by atoms with Crippen molar-refractivity contribution < 1.29 is 0 Å². The normalized spacial score (nSPS) is 12.7. The summed E-state index contributed by atoms with van der Waals surface area (Å²) >= 11 is 3.53. The fourth-order valence-corrected chi connectivity index (χ4v) is 2.02. The third kappa shape index (κ3) is 2.11. The number of hydrogen-bond acceptors (Lipinski definition) is 2. The molecule has 0 saturated carbocycles. The minimum Gasteiger partial charge on any atom is -0.324 e. The Kier molecular flexibility index (Phi) is 2.88. The first-order valence-corrected chi connectivity index (χ1v) is 5.51. The molecule has 1 atom stereocenters. The number of aromatic nitrogens is 2. The molecule has 1 aromatic heterocycles. The maximum atomic E-state index is 5.81. The van der Waals surface area contributed by atoms with Gasteiger partial charge in [0.2, 0.25) is 0 Å². The van der Waals surface area contributed by atoms with Crippen LogP contribution in [0.2, 0.25) is 0 Å². The van der Waals surface area contributed by atoms with Crippen LogP contribution in [-0.2, 0) is 0 Å². The van der Waals surface area contributed by atoms with Crippen molar-refractivity contribution in [2.24, 2.45) is 5.73 Å². The highest BCUT2D eigenvalue weighted by Crippen LogP contribution is 2.24. The van der Waals surface area contributed by atoms with Crippen LogP contribution in [0.5, 0.6) is 0 Å². The first-order valence-electron chi connectivity index (χ1n) is 4.72. The first-order chi connectivity index (χ1) is 7.18. The van der Waals surface area contributed by atoms with Crippen molar-refractivity contribution in [1.82, 2.24) is 9.55 Å². The Morgan fingerprint density at radius 1 is 1.47 bits per heavy atom. The molecule has 0 spiro atoms. The van der Waals surface area contributed by atoms with Gasteiger partial charge in [-0.25, -0.2) is 4.98 Å². The average molecular weight is 266 g/mol. The number of nitrogens with two attached hydrogens (primary N) is 1. The summed E-state index contributed by atoms with van der Waals surface area (Å²) in [4.78, 5) is 4.01. The second kappa shape index (κ2) is 4.16. The van der Waals surface area contributed by atoms with Crippen LogP contribution in [0, 0.1) is 0 Å². The average Bonchev–Trinajstić information content (AvgIpc) is 2.70. The summed E-state index contributed by atoms with van der Waals surface area (Å²) in [5, 5.41) is 0. The number of nitrogens with zero attached hydrogens (tertiary/aromatic N) is 2. The molecular weight excluding hydrogens is 254 g/mol. The molecule has 0 saturated heterocycles. The van der Waals surface area contributed by atoms with Gasteiger partial charge in [0.05, 0.1) is 12.0 Å². The van der Waals surface area contributed by atoms with Gasteiger partial charge in [-0.3, -0.25) is 0 Å². The molecule has 0 unspecified atom stereocenters. The molecule has 1 heterocycles. The van der Waals surface area contributed by atoms with Crippen molar-refractivity contribution in [3.8, 4) is 5.69 Å². The molecule has 0 amide bonds. The first kappa shape index (κ1) is 10.4.